The van der Waals surface area contributed by atoms with Crippen LogP contribution in [-0.4, -0.2) is 37.9 Å². The average molecular weight is 320 g/mol. The van der Waals surface area contributed by atoms with Gasteiger partial charge in [-0.25, -0.2) is 4.79 Å². The fourth-order valence-corrected chi connectivity index (χ4v) is 3.24. The highest BCUT2D eigenvalue weighted by atomic mass is 16.5. The van der Waals surface area contributed by atoms with E-state index in [0.29, 0.717) is 13.1 Å². The van der Waals surface area contributed by atoms with Gasteiger partial charge in [-0.1, -0.05) is 37.5 Å². The minimum Gasteiger partial charge on any atom is -0.496 e. The molecule has 0 bridgehead atoms. The van der Waals surface area contributed by atoms with Crippen LogP contribution in [0.15, 0.2) is 24.3 Å². The fraction of sp³-hybridized carbons (Fsp3) is 0.611. The second kappa shape index (κ2) is 8.77. The van der Waals surface area contributed by atoms with Crippen molar-refractivity contribution < 1.29 is 14.6 Å². The first-order valence-corrected chi connectivity index (χ1v) is 8.43. The number of ether oxygens (including phenoxy) is 1. The third-order valence-corrected chi connectivity index (χ3v) is 4.75. The predicted octanol–water partition coefficient (Wildman–Crippen LogP) is 2.48. The molecule has 128 valence electrons. The van der Waals surface area contributed by atoms with Gasteiger partial charge in [-0.05, 0) is 30.9 Å². The highest BCUT2D eigenvalue weighted by molar-refractivity contribution is 5.73. The Bertz CT molecular complexity index is 499. The van der Waals surface area contributed by atoms with E-state index in [1.165, 1.54) is 6.42 Å². The summed E-state index contributed by atoms with van der Waals surface area (Å²) < 4.78 is 5.30. The monoisotopic (exact) mass is 320 g/mol. The van der Waals surface area contributed by atoms with E-state index in [-0.39, 0.29) is 18.1 Å². The summed E-state index contributed by atoms with van der Waals surface area (Å²) >= 11 is 0. The molecule has 0 unspecified atom stereocenters. The predicted molar refractivity (Wildman–Crippen MR) is 90.7 cm³/mol. The Balaban J connectivity index is 1.72. The number of carbonyl (C=O) groups excluding carboxylic acids is 1. The smallest absolute Gasteiger partial charge is 0.314 e. The van der Waals surface area contributed by atoms with Gasteiger partial charge >= 0.3 is 6.03 Å². The van der Waals surface area contributed by atoms with E-state index < -0.39 is 0 Å². The van der Waals surface area contributed by atoms with E-state index in [1.807, 2.05) is 24.3 Å². The summed E-state index contributed by atoms with van der Waals surface area (Å²) in [5.41, 5.74) is 0.951. The molecule has 1 fully saturated rings. The van der Waals surface area contributed by atoms with Gasteiger partial charge in [-0.2, -0.15) is 0 Å². The molecule has 2 amide bonds. The van der Waals surface area contributed by atoms with Crippen LogP contribution >= 0.6 is 0 Å². The molecule has 0 atom stereocenters. The molecule has 23 heavy (non-hydrogen) atoms. The third kappa shape index (κ3) is 5.13. The van der Waals surface area contributed by atoms with E-state index in [2.05, 4.69) is 10.6 Å². The fourth-order valence-electron chi connectivity index (χ4n) is 3.24. The van der Waals surface area contributed by atoms with Crippen molar-refractivity contribution in [1.82, 2.24) is 10.6 Å². The Hall–Kier alpha value is -1.75. The summed E-state index contributed by atoms with van der Waals surface area (Å²) in [7, 11) is 1.65. The lowest BCUT2D eigenvalue weighted by Gasteiger charge is -2.35. The molecule has 1 aliphatic carbocycles. The lowest BCUT2D eigenvalue weighted by atomic mass is 9.74. The Labute approximate surface area is 138 Å². The standard InChI is InChI=1S/C18H28N2O3/c1-23-16-8-4-3-7-15(16)9-12-19-17(22)20-13-18(14-21)10-5-2-6-11-18/h3-4,7-8,21H,2,5-6,9-14H2,1H3,(H2,19,20,22). The first kappa shape index (κ1) is 17.6. The van der Waals surface area contributed by atoms with Gasteiger partial charge < -0.3 is 20.5 Å². The SMILES string of the molecule is COc1ccccc1CCNC(=O)NCC1(CO)CCCCC1. The lowest BCUT2D eigenvalue weighted by Crippen LogP contribution is -2.45. The van der Waals surface area contributed by atoms with Crippen molar-refractivity contribution in [3.05, 3.63) is 29.8 Å². The maximum Gasteiger partial charge on any atom is 0.314 e. The quantitative estimate of drug-likeness (QED) is 0.723. The van der Waals surface area contributed by atoms with Gasteiger partial charge in [-0.15, -0.1) is 0 Å². The van der Waals surface area contributed by atoms with Crippen LogP contribution in [0.2, 0.25) is 0 Å². The summed E-state index contributed by atoms with van der Waals surface area (Å²) in [5, 5.41) is 15.4. The van der Waals surface area contributed by atoms with Crippen LogP contribution in [0.1, 0.15) is 37.7 Å². The van der Waals surface area contributed by atoms with Crippen molar-refractivity contribution in [1.29, 1.82) is 0 Å². The number of para-hydroxylation sites is 1. The van der Waals surface area contributed by atoms with Gasteiger partial charge in [0.05, 0.1) is 13.7 Å². The van der Waals surface area contributed by atoms with Crippen molar-refractivity contribution in [2.45, 2.75) is 38.5 Å². The summed E-state index contributed by atoms with van der Waals surface area (Å²) in [6.45, 7) is 1.25. The molecule has 2 rings (SSSR count). The Morgan fingerprint density at radius 2 is 1.96 bits per heavy atom. The second-order valence-corrected chi connectivity index (χ2v) is 6.39. The number of aliphatic hydroxyl groups excluding tert-OH is 1. The lowest BCUT2D eigenvalue weighted by molar-refractivity contribution is 0.0835. The first-order valence-electron chi connectivity index (χ1n) is 8.43. The van der Waals surface area contributed by atoms with E-state index in [4.69, 9.17) is 4.74 Å². The van der Waals surface area contributed by atoms with Crippen LogP contribution in [0, 0.1) is 5.41 Å². The van der Waals surface area contributed by atoms with Crippen LogP contribution in [0.4, 0.5) is 4.79 Å². The van der Waals surface area contributed by atoms with Gasteiger partial charge in [0.25, 0.3) is 0 Å². The van der Waals surface area contributed by atoms with Crippen molar-refractivity contribution in [2.75, 3.05) is 26.8 Å². The molecular formula is C18H28N2O3. The summed E-state index contributed by atoms with van der Waals surface area (Å²) in [6.07, 6.45) is 6.21. The molecule has 3 N–H and O–H groups in total. The maximum atomic E-state index is 12.0. The Kier molecular flexibility index (Phi) is 6.71. The van der Waals surface area contributed by atoms with Crippen LogP contribution in [0.25, 0.3) is 0 Å². The summed E-state index contributed by atoms with van der Waals surface area (Å²) in [4.78, 5) is 12.0. The molecule has 0 heterocycles. The highest BCUT2D eigenvalue weighted by Crippen LogP contribution is 2.35. The van der Waals surface area contributed by atoms with Gasteiger partial charge in [0.2, 0.25) is 0 Å². The largest absolute Gasteiger partial charge is 0.496 e. The number of rotatable bonds is 7. The zero-order valence-corrected chi connectivity index (χ0v) is 13.9. The zero-order valence-electron chi connectivity index (χ0n) is 13.9. The van der Waals surface area contributed by atoms with Crippen molar-refractivity contribution in [2.24, 2.45) is 5.41 Å². The number of urea groups is 1. The number of carbonyl (C=O) groups is 1. The molecule has 5 heteroatoms. The minimum absolute atomic E-state index is 0.127. The molecule has 1 aromatic rings. The van der Waals surface area contributed by atoms with Gasteiger partial charge in [0.1, 0.15) is 5.75 Å². The number of hydrogen-bond donors (Lipinski definition) is 3. The van der Waals surface area contributed by atoms with Crippen molar-refractivity contribution in [3.8, 4) is 5.75 Å². The molecule has 5 nitrogen and oxygen atoms in total. The molecular weight excluding hydrogens is 292 g/mol. The number of aliphatic hydroxyl groups is 1. The molecule has 0 aliphatic heterocycles. The van der Waals surface area contributed by atoms with Crippen molar-refractivity contribution >= 4 is 6.03 Å². The van der Waals surface area contributed by atoms with E-state index in [9.17, 15) is 9.90 Å². The minimum atomic E-state index is -0.168. The van der Waals surface area contributed by atoms with E-state index in [1.54, 1.807) is 7.11 Å². The number of benzene rings is 1. The second-order valence-electron chi connectivity index (χ2n) is 6.39. The topological polar surface area (TPSA) is 70.6 Å². The zero-order chi connectivity index (χ0) is 16.5. The number of hydrogen-bond acceptors (Lipinski definition) is 3. The summed E-state index contributed by atoms with van der Waals surface area (Å²) in [6, 6.07) is 7.65. The van der Waals surface area contributed by atoms with E-state index in [0.717, 1.165) is 43.4 Å². The first-order chi connectivity index (χ1) is 11.2. The van der Waals surface area contributed by atoms with Gasteiger partial charge in [0.15, 0.2) is 0 Å². The molecule has 1 saturated carbocycles. The maximum absolute atomic E-state index is 12.0. The Morgan fingerprint density at radius 1 is 1.22 bits per heavy atom. The normalized spacial score (nSPS) is 16.6. The molecule has 0 saturated heterocycles. The summed E-state index contributed by atoms with van der Waals surface area (Å²) in [5.74, 6) is 0.844. The van der Waals surface area contributed by atoms with Gasteiger partial charge in [0, 0.05) is 18.5 Å². The molecule has 0 spiro atoms. The molecule has 1 aliphatic rings. The third-order valence-electron chi connectivity index (χ3n) is 4.75. The molecule has 1 aromatic carbocycles. The van der Waals surface area contributed by atoms with Gasteiger partial charge in [-0.3, -0.25) is 0 Å². The average Bonchev–Trinajstić information content (AvgIpc) is 2.61. The van der Waals surface area contributed by atoms with Crippen LogP contribution in [0.5, 0.6) is 5.75 Å². The van der Waals surface area contributed by atoms with Crippen LogP contribution in [0.3, 0.4) is 0 Å². The van der Waals surface area contributed by atoms with Crippen molar-refractivity contribution in [3.63, 3.8) is 0 Å². The van der Waals surface area contributed by atoms with E-state index >= 15 is 0 Å². The highest BCUT2D eigenvalue weighted by Gasteiger charge is 2.31. The Morgan fingerprint density at radius 3 is 2.65 bits per heavy atom. The number of methoxy groups -OCH3 is 1. The molecule has 0 aromatic heterocycles. The molecule has 0 radical (unpaired) electrons. The number of nitrogens with one attached hydrogen (secondary N) is 2. The van der Waals surface area contributed by atoms with Crippen LogP contribution < -0.4 is 15.4 Å². The van der Waals surface area contributed by atoms with Crippen LogP contribution in [-0.2, 0) is 6.42 Å². The number of amides is 2.